The molecule has 1 N–H and O–H groups in total. The Balaban J connectivity index is 1.79. The van der Waals surface area contributed by atoms with Crippen LogP contribution in [0.2, 0.25) is 0 Å². The lowest BCUT2D eigenvalue weighted by atomic mass is 9.98. The molecule has 0 radical (unpaired) electrons. The van der Waals surface area contributed by atoms with Gasteiger partial charge in [0.15, 0.2) is 0 Å². The molecule has 1 heterocycles. The lowest BCUT2D eigenvalue weighted by Gasteiger charge is -2.30. The van der Waals surface area contributed by atoms with Crippen LogP contribution in [0.3, 0.4) is 0 Å². The van der Waals surface area contributed by atoms with Crippen molar-refractivity contribution < 1.29 is 17.9 Å². The van der Waals surface area contributed by atoms with Gasteiger partial charge in [-0.25, -0.2) is 12.7 Å². The normalized spacial score (nSPS) is 17.0. The molecular formula is C16H24N2O4S. The molecule has 6 nitrogen and oxygen atoms in total. The molecule has 2 rings (SSSR count). The first-order chi connectivity index (χ1) is 10.9. The molecular weight excluding hydrogens is 316 g/mol. The average Bonchev–Trinajstić information content (AvgIpc) is 2.53. The van der Waals surface area contributed by atoms with E-state index < -0.39 is 10.0 Å². The van der Waals surface area contributed by atoms with Crippen LogP contribution in [-0.4, -0.2) is 51.1 Å². The predicted octanol–water partition coefficient (Wildman–Crippen LogP) is 1.49. The number of hydrogen-bond acceptors (Lipinski definition) is 4. The maximum Gasteiger partial charge on any atom is 0.251 e. The summed E-state index contributed by atoms with van der Waals surface area (Å²) in [7, 11) is -3.10. The molecule has 1 aliphatic heterocycles. The molecule has 0 saturated carbocycles. The summed E-state index contributed by atoms with van der Waals surface area (Å²) >= 11 is 0. The van der Waals surface area contributed by atoms with Crippen molar-refractivity contribution in [2.75, 3.05) is 32.5 Å². The van der Waals surface area contributed by atoms with Crippen molar-refractivity contribution in [3.05, 3.63) is 29.8 Å². The third kappa shape index (κ3) is 5.21. The Morgan fingerprint density at radius 2 is 1.87 bits per heavy atom. The second kappa shape index (κ2) is 7.79. The van der Waals surface area contributed by atoms with Crippen molar-refractivity contribution in [2.24, 2.45) is 5.92 Å². The number of amides is 1. The van der Waals surface area contributed by atoms with Crippen LogP contribution in [0.15, 0.2) is 24.3 Å². The second-order valence-electron chi connectivity index (χ2n) is 5.77. The minimum atomic E-state index is -3.10. The van der Waals surface area contributed by atoms with Crippen LogP contribution in [0.5, 0.6) is 5.75 Å². The van der Waals surface area contributed by atoms with Gasteiger partial charge in [-0.3, -0.25) is 4.79 Å². The van der Waals surface area contributed by atoms with Crippen molar-refractivity contribution in [3.63, 3.8) is 0 Å². The van der Waals surface area contributed by atoms with Gasteiger partial charge in [0, 0.05) is 25.2 Å². The highest BCUT2D eigenvalue weighted by Gasteiger charge is 2.25. The predicted molar refractivity (Wildman–Crippen MR) is 89.1 cm³/mol. The lowest BCUT2D eigenvalue weighted by Crippen LogP contribution is -2.41. The van der Waals surface area contributed by atoms with Gasteiger partial charge in [-0.2, -0.15) is 0 Å². The Kier molecular flexibility index (Phi) is 6.01. The van der Waals surface area contributed by atoms with Gasteiger partial charge in [0.1, 0.15) is 5.75 Å². The zero-order valence-corrected chi connectivity index (χ0v) is 14.4. The molecule has 1 fully saturated rings. The molecule has 0 spiro atoms. The highest BCUT2D eigenvalue weighted by atomic mass is 32.2. The molecule has 1 aromatic rings. The van der Waals surface area contributed by atoms with Crippen LogP contribution in [0.1, 0.15) is 30.1 Å². The Bertz CT molecular complexity index is 620. The van der Waals surface area contributed by atoms with E-state index in [1.54, 1.807) is 24.3 Å². The Morgan fingerprint density at radius 1 is 1.26 bits per heavy atom. The number of hydrogen-bond donors (Lipinski definition) is 1. The van der Waals surface area contributed by atoms with Crippen LogP contribution in [-0.2, 0) is 10.0 Å². The van der Waals surface area contributed by atoms with E-state index in [9.17, 15) is 13.2 Å². The SMILES string of the molecule is CCOc1ccc(C(=O)NCC2CCN(S(C)(=O)=O)CC2)cc1. The van der Waals surface area contributed by atoms with Gasteiger partial charge in [0.2, 0.25) is 10.0 Å². The minimum absolute atomic E-state index is 0.112. The van der Waals surface area contributed by atoms with Crippen molar-refractivity contribution in [2.45, 2.75) is 19.8 Å². The van der Waals surface area contributed by atoms with Crippen molar-refractivity contribution in [3.8, 4) is 5.75 Å². The Hall–Kier alpha value is -1.60. The molecule has 23 heavy (non-hydrogen) atoms. The molecule has 0 unspecified atom stereocenters. The highest BCUT2D eigenvalue weighted by Crippen LogP contribution is 2.18. The first-order valence-corrected chi connectivity index (χ1v) is 9.71. The zero-order chi connectivity index (χ0) is 16.9. The van der Waals surface area contributed by atoms with E-state index in [0.29, 0.717) is 37.7 Å². The molecule has 128 valence electrons. The molecule has 1 saturated heterocycles. The van der Waals surface area contributed by atoms with Gasteiger partial charge in [0.25, 0.3) is 5.91 Å². The zero-order valence-electron chi connectivity index (χ0n) is 13.6. The average molecular weight is 340 g/mol. The summed E-state index contributed by atoms with van der Waals surface area (Å²) in [6.07, 6.45) is 2.79. The summed E-state index contributed by atoms with van der Waals surface area (Å²) in [5, 5.41) is 2.93. The van der Waals surface area contributed by atoms with Gasteiger partial charge in [-0.05, 0) is 49.9 Å². The van der Waals surface area contributed by atoms with Gasteiger partial charge in [-0.1, -0.05) is 0 Å². The van der Waals surface area contributed by atoms with Crippen molar-refractivity contribution in [1.29, 1.82) is 0 Å². The lowest BCUT2D eigenvalue weighted by molar-refractivity contribution is 0.0941. The summed E-state index contributed by atoms with van der Waals surface area (Å²) < 4.78 is 29.8. The van der Waals surface area contributed by atoms with Crippen LogP contribution in [0, 0.1) is 5.92 Å². The number of sulfonamides is 1. The standard InChI is InChI=1S/C16H24N2O4S/c1-3-22-15-6-4-14(5-7-15)16(19)17-12-13-8-10-18(11-9-13)23(2,20)21/h4-7,13H,3,8-12H2,1-2H3,(H,17,19). The van der Waals surface area contributed by atoms with E-state index in [1.165, 1.54) is 10.6 Å². The van der Waals surface area contributed by atoms with Crippen molar-refractivity contribution >= 4 is 15.9 Å². The van der Waals surface area contributed by atoms with Crippen molar-refractivity contribution in [1.82, 2.24) is 9.62 Å². The number of ether oxygens (including phenoxy) is 1. The summed E-state index contributed by atoms with van der Waals surface area (Å²) in [4.78, 5) is 12.1. The molecule has 1 aromatic carbocycles. The van der Waals surface area contributed by atoms with Gasteiger partial charge >= 0.3 is 0 Å². The topological polar surface area (TPSA) is 75.7 Å². The summed E-state index contributed by atoms with van der Waals surface area (Å²) in [5.41, 5.74) is 0.599. The molecule has 0 atom stereocenters. The Labute approximate surface area is 137 Å². The summed E-state index contributed by atoms with van der Waals surface area (Å²) in [6.45, 7) is 4.14. The fraction of sp³-hybridized carbons (Fsp3) is 0.562. The number of benzene rings is 1. The number of carbonyl (C=O) groups excluding carboxylic acids is 1. The van der Waals surface area contributed by atoms with E-state index in [1.807, 2.05) is 6.92 Å². The van der Waals surface area contributed by atoms with E-state index in [4.69, 9.17) is 4.74 Å². The maximum atomic E-state index is 12.1. The van der Waals surface area contributed by atoms with Crippen LogP contribution < -0.4 is 10.1 Å². The van der Waals surface area contributed by atoms with Gasteiger partial charge in [0.05, 0.1) is 12.9 Å². The van der Waals surface area contributed by atoms with Gasteiger partial charge in [-0.15, -0.1) is 0 Å². The van der Waals surface area contributed by atoms with E-state index in [-0.39, 0.29) is 5.91 Å². The number of rotatable bonds is 6. The summed E-state index contributed by atoms with van der Waals surface area (Å²) in [6, 6.07) is 7.05. The molecule has 0 aliphatic carbocycles. The fourth-order valence-corrected chi connectivity index (χ4v) is 3.53. The quantitative estimate of drug-likeness (QED) is 0.851. The maximum absolute atomic E-state index is 12.1. The third-order valence-corrected chi connectivity index (χ3v) is 5.32. The minimum Gasteiger partial charge on any atom is -0.494 e. The molecule has 0 aromatic heterocycles. The van der Waals surface area contributed by atoms with Crippen LogP contribution >= 0.6 is 0 Å². The number of nitrogens with one attached hydrogen (secondary N) is 1. The Morgan fingerprint density at radius 3 is 2.39 bits per heavy atom. The highest BCUT2D eigenvalue weighted by molar-refractivity contribution is 7.88. The second-order valence-corrected chi connectivity index (χ2v) is 7.76. The first kappa shape index (κ1) is 17.7. The monoisotopic (exact) mass is 340 g/mol. The van der Waals surface area contributed by atoms with E-state index in [0.717, 1.165) is 18.6 Å². The largest absolute Gasteiger partial charge is 0.494 e. The molecule has 1 amide bonds. The number of carbonyl (C=O) groups is 1. The molecule has 7 heteroatoms. The number of piperidine rings is 1. The third-order valence-electron chi connectivity index (χ3n) is 4.02. The van der Waals surface area contributed by atoms with Crippen LogP contribution in [0.4, 0.5) is 0 Å². The summed E-state index contributed by atoms with van der Waals surface area (Å²) in [5.74, 6) is 0.954. The fourth-order valence-electron chi connectivity index (χ4n) is 2.65. The first-order valence-electron chi connectivity index (χ1n) is 7.86. The number of nitrogens with zero attached hydrogens (tertiary/aromatic N) is 1. The van der Waals surface area contributed by atoms with Gasteiger partial charge < -0.3 is 10.1 Å². The van der Waals surface area contributed by atoms with E-state index >= 15 is 0 Å². The molecule has 0 bridgehead atoms. The van der Waals surface area contributed by atoms with Crippen LogP contribution in [0.25, 0.3) is 0 Å². The molecule has 1 aliphatic rings. The van der Waals surface area contributed by atoms with E-state index in [2.05, 4.69) is 5.32 Å². The smallest absolute Gasteiger partial charge is 0.251 e.